The van der Waals surface area contributed by atoms with Crippen LogP contribution >= 0.6 is 0 Å². The molecule has 0 amide bonds. The van der Waals surface area contributed by atoms with Crippen LogP contribution in [0.2, 0.25) is 0 Å². The Morgan fingerprint density at radius 1 is 1.41 bits per heavy atom. The van der Waals surface area contributed by atoms with Crippen LogP contribution < -0.4 is 0 Å². The molecule has 2 nitrogen and oxygen atoms in total. The van der Waals surface area contributed by atoms with Gasteiger partial charge < -0.3 is 4.90 Å². The number of hydrogen-bond donors (Lipinski definition) is 0. The summed E-state index contributed by atoms with van der Waals surface area (Å²) < 4.78 is 36.4. The van der Waals surface area contributed by atoms with Gasteiger partial charge in [-0.05, 0) is 12.8 Å². The van der Waals surface area contributed by atoms with E-state index in [0.717, 1.165) is 6.42 Å². The third-order valence-electron chi connectivity index (χ3n) is 2.12. The molecule has 0 aliphatic carbocycles. The topological polar surface area (TPSA) is 20.3 Å². The van der Waals surface area contributed by atoms with Crippen molar-refractivity contribution in [2.24, 2.45) is 0 Å². The van der Waals surface area contributed by atoms with E-state index in [9.17, 15) is 18.0 Å². The third-order valence-corrected chi connectivity index (χ3v) is 2.12. The van der Waals surface area contributed by atoms with E-state index in [1.807, 2.05) is 6.92 Å². The van der Waals surface area contributed by atoms with Crippen LogP contribution in [0.5, 0.6) is 0 Å². The number of carbonyl (C=O) groups is 1. The summed E-state index contributed by atoms with van der Waals surface area (Å²) in [5, 5.41) is 0. The molecule has 96 valence electrons. The summed E-state index contributed by atoms with van der Waals surface area (Å²) in [6, 6.07) is 0. The highest BCUT2D eigenvalue weighted by Gasteiger charge is 2.36. The van der Waals surface area contributed by atoms with Gasteiger partial charge in [-0.3, -0.25) is 4.79 Å². The maximum Gasteiger partial charge on any atom is 0.454 e. The lowest BCUT2D eigenvalue weighted by Gasteiger charge is -2.24. The maximum atomic E-state index is 12.1. The number of ketones is 1. The Bertz CT molecular complexity index is 326. The fraction of sp³-hybridized carbons (Fsp3) is 0.583. The van der Waals surface area contributed by atoms with Crippen LogP contribution in [0, 0.1) is 12.3 Å². The van der Waals surface area contributed by atoms with Crippen LogP contribution in [-0.2, 0) is 4.79 Å². The second-order valence-corrected chi connectivity index (χ2v) is 3.48. The number of hydrogen-bond acceptors (Lipinski definition) is 2. The van der Waals surface area contributed by atoms with Gasteiger partial charge in [0, 0.05) is 18.3 Å². The van der Waals surface area contributed by atoms with Crippen LogP contribution in [0.4, 0.5) is 13.2 Å². The van der Waals surface area contributed by atoms with Crippen LogP contribution in [0.3, 0.4) is 0 Å². The van der Waals surface area contributed by atoms with Gasteiger partial charge in [-0.15, -0.1) is 6.42 Å². The number of halogens is 3. The Labute approximate surface area is 99.5 Å². The molecule has 0 heterocycles. The molecular formula is C12H16F3NO. The first-order valence-electron chi connectivity index (χ1n) is 5.36. The Hall–Kier alpha value is -1.44. The van der Waals surface area contributed by atoms with Crippen molar-refractivity contribution in [1.29, 1.82) is 0 Å². The van der Waals surface area contributed by atoms with E-state index in [2.05, 4.69) is 5.92 Å². The summed E-state index contributed by atoms with van der Waals surface area (Å²) in [6.45, 7) is 4.32. The van der Waals surface area contributed by atoms with Gasteiger partial charge in [0.2, 0.25) is 0 Å². The zero-order chi connectivity index (χ0) is 13.5. The Kier molecular flexibility index (Phi) is 6.40. The van der Waals surface area contributed by atoms with Crippen LogP contribution in [0.1, 0.15) is 26.7 Å². The third kappa shape index (κ3) is 5.43. The van der Waals surface area contributed by atoms with Crippen LogP contribution in [-0.4, -0.2) is 29.9 Å². The number of allylic oxidation sites excluding steroid dienone is 2. The molecule has 0 spiro atoms. The monoisotopic (exact) mass is 247 g/mol. The average Bonchev–Trinajstić information content (AvgIpc) is 2.24. The van der Waals surface area contributed by atoms with Crippen molar-refractivity contribution in [2.45, 2.75) is 32.9 Å². The lowest BCUT2D eigenvalue weighted by atomic mass is 10.2. The molecule has 17 heavy (non-hydrogen) atoms. The summed E-state index contributed by atoms with van der Waals surface area (Å²) in [5.41, 5.74) is 0.326. The van der Waals surface area contributed by atoms with Gasteiger partial charge in [0.1, 0.15) is 0 Å². The Balaban J connectivity index is 4.96. The first-order chi connectivity index (χ1) is 7.86. The molecule has 0 saturated heterocycles. The molecule has 0 bridgehead atoms. The zero-order valence-corrected chi connectivity index (χ0v) is 9.97. The van der Waals surface area contributed by atoms with E-state index < -0.39 is 12.0 Å². The normalized spacial score (nSPS) is 12.1. The molecule has 0 radical (unpaired) electrons. The molecule has 5 heteroatoms. The molecule has 0 N–H and O–H groups in total. The van der Waals surface area contributed by atoms with Gasteiger partial charge in [-0.1, -0.05) is 19.8 Å². The minimum atomic E-state index is -4.82. The second-order valence-electron chi connectivity index (χ2n) is 3.48. The van der Waals surface area contributed by atoms with Crippen LogP contribution in [0.25, 0.3) is 0 Å². The first-order valence-corrected chi connectivity index (χ1v) is 5.36. The number of terminal acetylenes is 1. The number of nitrogens with zero attached hydrogens (tertiary/aromatic N) is 1. The van der Waals surface area contributed by atoms with E-state index in [1.165, 1.54) is 0 Å². The predicted octanol–water partition coefficient (Wildman–Crippen LogP) is 2.76. The predicted molar refractivity (Wildman–Crippen MR) is 60.1 cm³/mol. The van der Waals surface area contributed by atoms with Crippen molar-refractivity contribution < 1.29 is 18.0 Å². The minimum absolute atomic E-state index is 0.207. The van der Waals surface area contributed by atoms with E-state index >= 15 is 0 Å². The molecule has 0 fully saturated rings. The second kappa shape index (κ2) is 7.00. The Morgan fingerprint density at radius 3 is 2.35 bits per heavy atom. The molecule has 0 aromatic rings. The highest BCUT2D eigenvalue weighted by Crippen LogP contribution is 2.19. The van der Waals surface area contributed by atoms with Crippen molar-refractivity contribution in [3.05, 3.63) is 11.8 Å². The number of alkyl halides is 3. The van der Waals surface area contributed by atoms with Gasteiger partial charge >= 0.3 is 6.18 Å². The highest BCUT2D eigenvalue weighted by molar-refractivity contribution is 5.94. The minimum Gasteiger partial charge on any atom is -0.364 e. The standard InChI is InChI=1S/C12H16F3NO/c1-4-7-16(8-5-2)10(6-3)9-11(17)12(13,14)15/h1,9H,5-8H2,2-3H3/b10-9+. The van der Waals surface area contributed by atoms with Crippen molar-refractivity contribution in [2.75, 3.05) is 13.1 Å². The summed E-state index contributed by atoms with van der Waals surface area (Å²) in [7, 11) is 0. The fourth-order valence-corrected chi connectivity index (χ4v) is 1.35. The molecule has 0 aliphatic heterocycles. The fourth-order valence-electron chi connectivity index (χ4n) is 1.35. The Morgan fingerprint density at radius 2 is 2.00 bits per heavy atom. The van der Waals surface area contributed by atoms with Gasteiger partial charge in [-0.2, -0.15) is 13.2 Å². The molecule has 0 aliphatic rings. The zero-order valence-electron chi connectivity index (χ0n) is 9.97. The maximum absolute atomic E-state index is 12.1. The average molecular weight is 247 g/mol. The summed E-state index contributed by atoms with van der Waals surface area (Å²) in [6.07, 6.45) is 2.04. The van der Waals surface area contributed by atoms with Gasteiger partial charge in [0.05, 0.1) is 6.54 Å². The summed E-state index contributed by atoms with van der Waals surface area (Å²) >= 11 is 0. The van der Waals surface area contributed by atoms with E-state index in [-0.39, 0.29) is 6.54 Å². The summed E-state index contributed by atoms with van der Waals surface area (Å²) in [5.74, 6) is 0.532. The number of carbonyl (C=O) groups excluding carboxylic acids is 1. The quantitative estimate of drug-likeness (QED) is 0.531. The van der Waals surface area contributed by atoms with Gasteiger partial charge in [0.25, 0.3) is 5.78 Å². The van der Waals surface area contributed by atoms with E-state index in [1.54, 1.807) is 11.8 Å². The molecule has 0 atom stereocenters. The smallest absolute Gasteiger partial charge is 0.364 e. The van der Waals surface area contributed by atoms with Crippen LogP contribution in [0.15, 0.2) is 11.8 Å². The van der Waals surface area contributed by atoms with Gasteiger partial charge in [-0.25, -0.2) is 0 Å². The molecule has 0 unspecified atom stereocenters. The highest BCUT2D eigenvalue weighted by atomic mass is 19.4. The molecule has 0 saturated carbocycles. The SMILES string of the molecule is C#CCN(CCC)/C(=C/C(=O)C(F)(F)F)CC. The number of rotatable bonds is 6. The molecule has 0 aromatic carbocycles. The lowest BCUT2D eigenvalue weighted by molar-refractivity contribution is -0.165. The van der Waals surface area contributed by atoms with E-state index in [0.29, 0.717) is 24.7 Å². The molecule has 0 rings (SSSR count). The van der Waals surface area contributed by atoms with E-state index in [4.69, 9.17) is 6.42 Å². The van der Waals surface area contributed by atoms with Crippen molar-refractivity contribution >= 4 is 5.78 Å². The largest absolute Gasteiger partial charge is 0.454 e. The lowest BCUT2D eigenvalue weighted by Crippen LogP contribution is -2.27. The van der Waals surface area contributed by atoms with Crippen molar-refractivity contribution in [3.8, 4) is 12.3 Å². The first kappa shape index (κ1) is 15.6. The molecular weight excluding hydrogens is 231 g/mol. The van der Waals surface area contributed by atoms with Crippen molar-refractivity contribution in [1.82, 2.24) is 4.90 Å². The van der Waals surface area contributed by atoms with Crippen molar-refractivity contribution in [3.63, 3.8) is 0 Å². The summed E-state index contributed by atoms with van der Waals surface area (Å²) in [4.78, 5) is 12.5. The molecule has 0 aromatic heterocycles. The van der Waals surface area contributed by atoms with Gasteiger partial charge in [0.15, 0.2) is 0 Å².